The number of benzene rings is 1. The number of hydrogen-bond donors (Lipinski definition) is 0. The Kier molecular flexibility index (Phi) is 10.1. The Balaban J connectivity index is 0.000000556. The van der Waals surface area contributed by atoms with Crippen LogP contribution in [0.5, 0.6) is 0 Å². The van der Waals surface area contributed by atoms with Gasteiger partial charge in [0.1, 0.15) is 0 Å². The average molecular weight is 406 g/mol. The van der Waals surface area contributed by atoms with Gasteiger partial charge in [-0.15, -0.1) is 41.1 Å². The minimum Gasteiger partial charge on any atom is -1.00 e. The molecule has 1 heterocycles. The van der Waals surface area contributed by atoms with E-state index in [1.807, 2.05) is 12.1 Å². The molecule has 0 aliphatic heterocycles. The second-order valence-electron chi connectivity index (χ2n) is 5.83. The number of halogens is 2. The van der Waals surface area contributed by atoms with E-state index in [2.05, 4.69) is 86.1 Å². The largest absolute Gasteiger partial charge is 4.00 e. The van der Waals surface area contributed by atoms with Gasteiger partial charge in [0.2, 0.25) is 0 Å². The summed E-state index contributed by atoms with van der Waals surface area (Å²) in [6, 6.07) is 23.4. The molecule has 128 valence electrons. The van der Waals surface area contributed by atoms with Crippen LogP contribution in [0.4, 0.5) is 0 Å². The number of nitrogens with zero attached hydrogens (tertiary/aromatic N) is 1. The van der Waals surface area contributed by atoms with Gasteiger partial charge >= 0.3 is 21.7 Å². The van der Waals surface area contributed by atoms with Gasteiger partial charge in [-0.25, -0.2) is 12.1 Å². The first-order valence-electron chi connectivity index (χ1n) is 7.63. The van der Waals surface area contributed by atoms with Gasteiger partial charge < -0.3 is 29.4 Å². The molecule has 3 aromatic carbocycles. The first-order valence-corrected chi connectivity index (χ1v) is 7.63. The Bertz CT molecular complexity index is 839. The standard InChI is InChI=1S/C15H14N.C6H7.2ClH.Ti/c1-11-7-12(2)16(10-11)15-8-13-5-3-4-6-14(13)9-15;1-6-4-2-3-5-6;;;/h3-10H,1-2H3;2-5H,1H3;2*1H;/q2*-1;;;+4/p-2. The van der Waals surface area contributed by atoms with Gasteiger partial charge in [0.05, 0.1) is 0 Å². The first kappa shape index (κ1) is 23.8. The fourth-order valence-corrected chi connectivity index (χ4v) is 2.76. The molecule has 0 aliphatic rings. The zero-order valence-electron chi connectivity index (χ0n) is 14.6. The molecule has 0 bridgehead atoms. The predicted molar refractivity (Wildman–Crippen MR) is 95.1 cm³/mol. The van der Waals surface area contributed by atoms with Crippen LogP contribution in [0.25, 0.3) is 16.5 Å². The molecule has 4 heteroatoms. The Morgan fingerprint density at radius 1 is 0.920 bits per heavy atom. The molecule has 0 unspecified atom stereocenters. The summed E-state index contributed by atoms with van der Waals surface area (Å²) < 4.78 is 2.25. The van der Waals surface area contributed by atoms with Gasteiger partial charge in [-0.2, -0.15) is 17.7 Å². The van der Waals surface area contributed by atoms with Gasteiger partial charge in [0.15, 0.2) is 0 Å². The van der Waals surface area contributed by atoms with Crippen LogP contribution in [0, 0.1) is 20.8 Å². The van der Waals surface area contributed by atoms with Crippen molar-refractivity contribution in [2.24, 2.45) is 0 Å². The minimum absolute atomic E-state index is 0. The van der Waals surface area contributed by atoms with Crippen molar-refractivity contribution in [3.8, 4) is 5.69 Å². The molecule has 0 saturated heterocycles. The molecular formula is C21H21Cl2NTi. The van der Waals surface area contributed by atoms with Crippen molar-refractivity contribution in [1.82, 2.24) is 4.57 Å². The number of hydrogen-bond acceptors (Lipinski definition) is 0. The van der Waals surface area contributed by atoms with Crippen LogP contribution in [-0.4, -0.2) is 4.57 Å². The second kappa shape index (κ2) is 10.7. The van der Waals surface area contributed by atoms with Crippen LogP contribution in [0.3, 0.4) is 0 Å². The maximum atomic E-state index is 2.25. The molecule has 1 nitrogen and oxygen atoms in total. The van der Waals surface area contributed by atoms with E-state index in [1.165, 1.54) is 33.3 Å². The maximum absolute atomic E-state index is 2.25. The fourth-order valence-electron chi connectivity index (χ4n) is 2.76. The number of aryl methyl sites for hydroxylation is 3. The third kappa shape index (κ3) is 5.90. The van der Waals surface area contributed by atoms with Crippen LogP contribution in [0.2, 0.25) is 0 Å². The molecule has 1 aromatic heterocycles. The monoisotopic (exact) mass is 405 g/mol. The van der Waals surface area contributed by atoms with Crippen molar-refractivity contribution < 1.29 is 46.5 Å². The van der Waals surface area contributed by atoms with E-state index in [-0.39, 0.29) is 46.5 Å². The fraction of sp³-hybridized carbons (Fsp3) is 0.143. The van der Waals surface area contributed by atoms with Gasteiger partial charge in [-0.3, -0.25) is 0 Å². The summed E-state index contributed by atoms with van der Waals surface area (Å²) in [6.45, 7) is 6.36. The van der Waals surface area contributed by atoms with Crippen molar-refractivity contribution in [2.75, 3.05) is 0 Å². The molecule has 0 aliphatic carbocycles. The summed E-state index contributed by atoms with van der Waals surface area (Å²) in [7, 11) is 0. The quantitative estimate of drug-likeness (QED) is 0.302. The summed E-state index contributed by atoms with van der Waals surface area (Å²) in [6.07, 6.45) is 2.18. The minimum atomic E-state index is 0. The Morgan fingerprint density at radius 2 is 1.56 bits per heavy atom. The summed E-state index contributed by atoms with van der Waals surface area (Å²) in [5.74, 6) is 0. The molecule has 0 spiro atoms. The predicted octanol–water partition coefficient (Wildman–Crippen LogP) is -0.314. The summed E-state index contributed by atoms with van der Waals surface area (Å²) in [5, 5.41) is 2.62. The van der Waals surface area contributed by atoms with Gasteiger partial charge in [0, 0.05) is 11.9 Å². The number of rotatable bonds is 1. The third-order valence-electron chi connectivity index (χ3n) is 3.86. The van der Waals surface area contributed by atoms with Gasteiger partial charge in [-0.05, 0) is 31.2 Å². The second-order valence-corrected chi connectivity index (χ2v) is 5.83. The zero-order chi connectivity index (χ0) is 15.5. The molecular weight excluding hydrogens is 385 g/mol. The average Bonchev–Trinajstić information content (AvgIpc) is 3.19. The SMILES string of the molecule is C[c-]1cccc1.Cc1cc(C)n(-c2cc3ccccc3[cH-]2)c1.[Cl-].[Cl-].[Ti+4]. The molecule has 0 radical (unpaired) electrons. The Hall–Kier alpha value is -1.25. The van der Waals surface area contributed by atoms with Crippen LogP contribution < -0.4 is 24.8 Å². The van der Waals surface area contributed by atoms with Gasteiger partial charge in [-0.1, -0.05) is 13.0 Å². The molecule has 0 fully saturated rings. The van der Waals surface area contributed by atoms with E-state index in [1.54, 1.807) is 0 Å². The molecule has 0 saturated carbocycles. The van der Waals surface area contributed by atoms with E-state index in [0.29, 0.717) is 0 Å². The van der Waals surface area contributed by atoms with Crippen LogP contribution in [-0.2, 0) is 21.7 Å². The topological polar surface area (TPSA) is 4.93 Å². The Labute approximate surface area is 177 Å². The van der Waals surface area contributed by atoms with E-state index < -0.39 is 0 Å². The van der Waals surface area contributed by atoms with E-state index in [9.17, 15) is 0 Å². The molecule has 4 aromatic rings. The van der Waals surface area contributed by atoms with Crippen molar-refractivity contribution in [3.63, 3.8) is 0 Å². The third-order valence-corrected chi connectivity index (χ3v) is 3.86. The van der Waals surface area contributed by atoms with Crippen molar-refractivity contribution >= 4 is 10.8 Å². The molecule has 25 heavy (non-hydrogen) atoms. The van der Waals surface area contributed by atoms with Crippen LogP contribution >= 0.6 is 0 Å². The summed E-state index contributed by atoms with van der Waals surface area (Å²) in [5.41, 5.74) is 5.19. The Morgan fingerprint density at radius 3 is 2.04 bits per heavy atom. The molecule has 0 amide bonds. The van der Waals surface area contributed by atoms with E-state index in [0.717, 1.165) is 0 Å². The van der Waals surface area contributed by atoms with Crippen LogP contribution in [0.15, 0.2) is 72.9 Å². The summed E-state index contributed by atoms with van der Waals surface area (Å²) >= 11 is 0. The first-order chi connectivity index (χ1) is 10.6. The number of aromatic nitrogens is 1. The van der Waals surface area contributed by atoms with Gasteiger partial charge in [0.25, 0.3) is 0 Å². The zero-order valence-corrected chi connectivity index (χ0v) is 17.7. The van der Waals surface area contributed by atoms with Crippen molar-refractivity contribution in [2.45, 2.75) is 20.8 Å². The maximum Gasteiger partial charge on any atom is 4.00 e. The van der Waals surface area contributed by atoms with Crippen molar-refractivity contribution in [3.05, 3.63) is 89.7 Å². The number of fused-ring (bicyclic) bond motifs is 1. The normalized spacial score (nSPS) is 9.24. The molecule has 0 atom stereocenters. The molecule has 0 N–H and O–H groups in total. The molecule has 4 rings (SSSR count). The summed E-state index contributed by atoms with van der Waals surface area (Å²) in [4.78, 5) is 0. The van der Waals surface area contributed by atoms with E-state index in [4.69, 9.17) is 0 Å². The smallest absolute Gasteiger partial charge is 1.00 e. The van der Waals surface area contributed by atoms with E-state index >= 15 is 0 Å². The van der Waals surface area contributed by atoms with Crippen molar-refractivity contribution in [1.29, 1.82) is 0 Å². The van der Waals surface area contributed by atoms with Crippen LogP contribution in [0.1, 0.15) is 16.8 Å².